The molecule has 2 aromatic rings. The summed E-state index contributed by atoms with van der Waals surface area (Å²) in [5.41, 5.74) is 3.48. The van der Waals surface area contributed by atoms with Gasteiger partial charge in [0.25, 0.3) is 0 Å². The first kappa shape index (κ1) is 14.7. The minimum absolute atomic E-state index is 0.204. The normalized spacial score (nSPS) is 10.9. The van der Waals surface area contributed by atoms with Crippen molar-refractivity contribution in [1.82, 2.24) is 9.97 Å². The summed E-state index contributed by atoms with van der Waals surface area (Å²) in [4.78, 5) is 9.87. The van der Waals surface area contributed by atoms with Crippen LogP contribution in [0.4, 0.5) is 10.2 Å². The van der Waals surface area contributed by atoms with E-state index in [0.29, 0.717) is 5.82 Å². The number of rotatable bonds is 4. The second kappa shape index (κ2) is 6.19. The molecule has 1 aromatic heterocycles. The van der Waals surface area contributed by atoms with Gasteiger partial charge in [0.1, 0.15) is 22.5 Å². The molecular weight excluding hydrogens is 275 g/mol. The zero-order valence-corrected chi connectivity index (χ0v) is 12.5. The Hall–Kier alpha value is -1.66. The molecule has 0 aliphatic carbocycles. The highest BCUT2D eigenvalue weighted by atomic mass is 32.2. The number of hydrazine groups is 1. The van der Waals surface area contributed by atoms with Crippen LogP contribution in [-0.4, -0.2) is 9.97 Å². The Bertz CT molecular complexity index is 599. The Morgan fingerprint density at radius 3 is 2.40 bits per heavy atom. The molecule has 0 saturated carbocycles. The van der Waals surface area contributed by atoms with Crippen molar-refractivity contribution in [2.24, 2.45) is 5.84 Å². The van der Waals surface area contributed by atoms with Crippen LogP contribution >= 0.6 is 11.8 Å². The van der Waals surface area contributed by atoms with Gasteiger partial charge in [0.15, 0.2) is 0 Å². The second-order valence-electron chi connectivity index (χ2n) is 4.72. The Balaban J connectivity index is 2.39. The van der Waals surface area contributed by atoms with Gasteiger partial charge in [0.05, 0.1) is 0 Å². The molecule has 1 aromatic carbocycles. The van der Waals surface area contributed by atoms with Crippen LogP contribution in [0, 0.1) is 12.7 Å². The summed E-state index contributed by atoms with van der Waals surface area (Å²) < 4.78 is 12.9. The minimum Gasteiger partial charge on any atom is -0.308 e. The van der Waals surface area contributed by atoms with Crippen molar-refractivity contribution in [3.8, 4) is 0 Å². The molecule has 0 fully saturated rings. The molecule has 0 atom stereocenters. The molecule has 0 spiro atoms. The van der Waals surface area contributed by atoms with E-state index in [2.05, 4.69) is 15.4 Å². The number of benzene rings is 1. The largest absolute Gasteiger partial charge is 0.308 e. The van der Waals surface area contributed by atoms with Crippen molar-refractivity contribution >= 4 is 17.6 Å². The van der Waals surface area contributed by atoms with E-state index in [1.165, 1.54) is 23.9 Å². The van der Waals surface area contributed by atoms with Crippen molar-refractivity contribution in [1.29, 1.82) is 0 Å². The lowest BCUT2D eigenvalue weighted by Gasteiger charge is -2.13. The molecule has 0 bridgehead atoms. The SMILES string of the molecule is Cc1c(NN)nc(C(C)C)nc1Sc1ccc(F)cc1. The lowest BCUT2D eigenvalue weighted by Crippen LogP contribution is -2.13. The van der Waals surface area contributed by atoms with E-state index < -0.39 is 0 Å². The number of anilines is 1. The zero-order chi connectivity index (χ0) is 14.7. The van der Waals surface area contributed by atoms with E-state index in [1.54, 1.807) is 12.1 Å². The quantitative estimate of drug-likeness (QED) is 0.513. The van der Waals surface area contributed by atoms with Gasteiger partial charge in [-0.3, -0.25) is 0 Å². The first-order valence-electron chi connectivity index (χ1n) is 6.30. The number of hydrogen-bond donors (Lipinski definition) is 2. The van der Waals surface area contributed by atoms with E-state index in [-0.39, 0.29) is 11.7 Å². The van der Waals surface area contributed by atoms with Gasteiger partial charge in [-0.15, -0.1) is 0 Å². The topological polar surface area (TPSA) is 63.8 Å². The predicted molar refractivity (Wildman–Crippen MR) is 79.2 cm³/mol. The molecule has 0 amide bonds. The molecule has 0 aliphatic rings. The highest BCUT2D eigenvalue weighted by molar-refractivity contribution is 7.99. The molecule has 6 heteroatoms. The number of nitrogens with two attached hydrogens (primary N) is 1. The minimum atomic E-state index is -0.249. The van der Waals surface area contributed by atoms with Crippen molar-refractivity contribution in [3.05, 3.63) is 41.5 Å². The molecular formula is C14H17FN4S. The summed E-state index contributed by atoms with van der Waals surface area (Å²) in [5, 5.41) is 0.822. The van der Waals surface area contributed by atoms with E-state index in [9.17, 15) is 4.39 Å². The average Bonchev–Trinajstić information content (AvgIpc) is 2.43. The summed E-state index contributed by atoms with van der Waals surface area (Å²) in [6, 6.07) is 6.33. The molecule has 2 rings (SSSR count). The lowest BCUT2D eigenvalue weighted by molar-refractivity contribution is 0.626. The lowest BCUT2D eigenvalue weighted by atomic mass is 10.2. The van der Waals surface area contributed by atoms with Gasteiger partial charge >= 0.3 is 0 Å². The summed E-state index contributed by atoms with van der Waals surface area (Å²) in [5.74, 6) is 6.81. The third kappa shape index (κ3) is 3.26. The number of halogens is 1. The van der Waals surface area contributed by atoms with Gasteiger partial charge in [-0.2, -0.15) is 0 Å². The fourth-order valence-corrected chi connectivity index (χ4v) is 2.51. The molecule has 0 saturated heterocycles. The third-order valence-electron chi connectivity index (χ3n) is 2.80. The average molecular weight is 292 g/mol. The zero-order valence-electron chi connectivity index (χ0n) is 11.6. The predicted octanol–water partition coefficient (Wildman–Crippen LogP) is 3.48. The van der Waals surface area contributed by atoms with Gasteiger partial charge in [-0.05, 0) is 31.2 Å². The van der Waals surface area contributed by atoms with Crippen molar-refractivity contribution in [3.63, 3.8) is 0 Å². The van der Waals surface area contributed by atoms with Gasteiger partial charge in [-0.1, -0.05) is 25.6 Å². The standard InChI is InChI=1S/C14H17FN4S/c1-8(2)12-17-13(19-16)9(3)14(18-12)20-11-6-4-10(15)5-7-11/h4-8H,16H2,1-3H3,(H,17,18,19). The smallest absolute Gasteiger partial charge is 0.147 e. The van der Waals surface area contributed by atoms with Crippen LogP contribution in [0.5, 0.6) is 0 Å². The van der Waals surface area contributed by atoms with Crippen LogP contribution in [0.2, 0.25) is 0 Å². The number of nitrogen functional groups attached to an aromatic ring is 1. The molecule has 0 aliphatic heterocycles. The van der Waals surface area contributed by atoms with Crippen LogP contribution in [-0.2, 0) is 0 Å². The van der Waals surface area contributed by atoms with E-state index in [0.717, 1.165) is 21.3 Å². The maximum Gasteiger partial charge on any atom is 0.147 e. The Labute approximate surface area is 122 Å². The van der Waals surface area contributed by atoms with Gasteiger partial charge in [0.2, 0.25) is 0 Å². The van der Waals surface area contributed by atoms with Gasteiger partial charge in [0, 0.05) is 16.4 Å². The third-order valence-corrected chi connectivity index (χ3v) is 3.90. The number of nitrogens with zero attached hydrogens (tertiary/aromatic N) is 2. The Morgan fingerprint density at radius 2 is 1.85 bits per heavy atom. The molecule has 0 radical (unpaired) electrons. The van der Waals surface area contributed by atoms with Crippen LogP contribution in [0.1, 0.15) is 31.2 Å². The maximum absolute atomic E-state index is 12.9. The van der Waals surface area contributed by atoms with Crippen molar-refractivity contribution < 1.29 is 4.39 Å². The molecule has 3 N–H and O–H groups in total. The highest BCUT2D eigenvalue weighted by Gasteiger charge is 2.13. The monoisotopic (exact) mass is 292 g/mol. The number of hydrogen-bond acceptors (Lipinski definition) is 5. The Kier molecular flexibility index (Phi) is 4.57. The molecule has 20 heavy (non-hydrogen) atoms. The van der Waals surface area contributed by atoms with E-state index in [4.69, 9.17) is 5.84 Å². The maximum atomic E-state index is 12.9. The summed E-state index contributed by atoms with van der Waals surface area (Å²) >= 11 is 1.47. The fourth-order valence-electron chi connectivity index (χ4n) is 1.62. The first-order valence-corrected chi connectivity index (χ1v) is 7.11. The fraction of sp³-hybridized carbons (Fsp3) is 0.286. The van der Waals surface area contributed by atoms with E-state index in [1.807, 2.05) is 20.8 Å². The number of nitrogens with one attached hydrogen (secondary N) is 1. The van der Waals surface area contributed by atoms with Crippen molar-refractivity contribution in [2.45, 2.75) is 36.6 Å². The molecule has 106 valence electrons. The van der Waals surface area contributed by atoms with Gasteiger partial charge < -0.3 is 5.43 Å². The van der Waals surface area contributed by atoms with E-state index >= 15 is 0 Å². The summed E-state index contributed by atoms with van der Waals surface area (Å²) in [7, 11) is 0. The second-order valence-corrected chi connectivity index (χ2v) is 5.78. The van der Waals surface area contributed by atoms with Gasteiger partial charge in [-0.25, -0.2) is 20.2 Å². The first-order chi connectivity index (χ1) is 9.51. The Morgan fingerprint density at radius 1 is 1.20 bits per heavy atom. The highest BCUT2D eigenvalue weighted by Crippen LogP contribution is 2.32. The van der Waals surface area contributed by atoms with Crippen LogP contribution < -0.4 is 11.3 Å². The van der Waals surface area contributed by atoms with Crippen LogP contribution in [0.15, 0.2) is 34.2 Å². The van der Waals surface area contributed by atoms with Crippen molar-refractivity contribution in [2.75, 3.05) is 5.43 Å². The molecule has 4 nitrogen and oxygen atoms in total. The molecule has 1 heterocycles. The van der Waals surface area contributed by atoms with Crippen LogP contribution in [0.25, 0.3) is 0 Å². The van der Waals surface area contributed by atoms with Crippen LogP contribution in [0.3, 0.4) is 0 Å². The number of aromatic nitrogens is 2. The molecule has 0 unspecified atom stereocenters. The summed E-state index contributed by atoms with van der Waals surface area (Å²) in [6.07, 6.45) is 0. The summed E-state index contributed by atoms with van der Waals surface area (Å²) in [6.45, 7) is 5.96.